The zero-order valence-corrected chi connectivity index (χ0v) is 8.77. The van der Waals surface area contributed by atoms with Crippen molar-refractivity contribution in [2.24, 2.45) is 5.73 Å². The van der Waals surface area contributed by atoms with Crippen molar-refractivity contribution in [3.8, 4) is 0 Å². The second-order valence-corrected chi connectivity index (χ2v) is 3.56. The highest BCUT2D eigenvalue weighted by Crippen LogP contribution is 2.02. The molecule has 0 aromatic rings. The second kappa shape index (κ2) is 9.83. The summed E-state index contributed by atoms with van der Waals surface area (Å²) in [6, 6.07) is 0. The number of methoxy groups -OCH3 is 1. The molecule has 0 aromatic carbocycles. The van der Waals surface area contributed by atoms with Gasteiger partial charge in [-0.05, 0) is 0 Å². The third kappa shape index (κ3) is 9.66. The fourth-order valence-electron chi connectivity index (χ4n) is 0.663. The maximum atomic E-state index is 10.7. The van der Waals surface area contributed by atoms with E-state index >= 15 is 0 Å². The number of hydrogen-bond donors (Lipinski definition) is 1. The van der Waals surface area contributed by atoms with Gasteiger partial charge in [-0.3, -0.25) is 4.79 Å². The van der Waals surface area contributed by atoms with Gasteiger partial charge in [0.15, 0.2) is 0 Å². The van der Waals surface area contributed by atoms with Crippen LogP contribution in [0.2, 0.25) is 0 Å². The maximum Gasteiger partial charge on any atom is 0.306 e. The van der Waals surface area contributed by atoms with E-state index in [1.165, 1.54) is 7.11 Å². The Hall–Kier alpha value is -0.260. The molecule has 0 aromatic heterocycles. The topological polar surface area (TPSA) is 61.5 Å². The van der Waals surface area contributed by atoms with E-state index in [1.807, 2.05) is 0 Å². The Labute approximate surface area is 83.1 Å². The molecule has 2 N–H and O–H groups in total. The Morgan fingerprint density at radius 2 is 2.15 bits per heavy atom. The van der Waals surface area contributed by atoms with E-state index < -0.39 is 0 Å². The van der Waals surface area contributed by atoms with Crippen molar-refractivity contribution in [2.75, 3.05) is 38.4 Å². The van der Waals surface area contributed by atoms with Crippen LogP contribution in [0.5, 0.6) is 0 Å². The van der Waals surface area contributed by atoms with Crippen LogP contribution in [0, 0.1) is 0 Å². The first kappa shape index (κ1) is 12.7. The molecule has 78 valence electrons. The average molecular weight is 207 g/mol. The van der Waals surface area contributed by atoms with E-state index in [2.05, 4.69) is 4.74 Å². The van der Waals surface area contributed by atoms with Crippen LogP contribution in [-0.4, -0.2) is 44.3 Å². The molecule has 0 rings (SSSR count). The monoisotopic (exact) mass is 207 g/mol. The smallest absolute Gasteiger partial charge is 0.306 e. The van der Waals surface area contributed by atoms with Crippen molar-refractivity contribution in [3.05, 3.63) is 0 Å². The predicted molar refractivity (Wildman–Crippen MR) is 53.8 cm³/mol. The Bertz CT molecular complexity index is 133. The van der Waals surface area contributed by atoms with Crippen molar-refractivity contribution in [1.82, 2.24) is 0 Å². The van der Waals surface area contributed by atoms with Gasteiger partial charge in [-0.1, -0.05) is 0 Å². The summed E-state index contributed by atoms with van der Waals surface area (Å²) < 4.78 is 9.65. The molecule has 0 amide bonds. The quantitative estimate of drug-likeness (QED) is 0.457. The summed E-state index contributed by atoms with van der Waals surface area (Å²) in [6.07, 6.45) is 0.470. The van der Waals surface area contributed by atoms with Gasteiger partial charge in [0.2, 0.25) is 0 Å². The lowest BCUT2D eigenvalue weighted by atomic mass is 10.5. The van der Waals surface area contributed by atoms with Gasteiger partial charge in [0.05, 0.1) is 26.7 Å². The Morgan fingerprint density at radius 1 is 1.38 bits per heavy atom. The van der Waals surface area contributed by atoms with Crippen LogP contribution in [0.1, 0.15) is 6.42 Å². The van der Waals surface area contributed by atoms with Gasteiger partial charge in [0.25, 0.3) is 0 Å². The summed E-state index contributed by atoms with van der Waals surface area (Å²) in [4.78, 5) is 10.7. The van der Waals surface area contributed by atoms with E-state index in [0.29, 0.717) is 26.2 Å². The van der Waals surface area contributed by atoms with Gasteiger partial charge >= 0.3 is 5.97 Å². The normalized spacial score (nSPS) is 10.0. The van der Waals surface area contributed by atoms with Gasteiger partial charge < -0.3 is 15.2 Å². The van der Waals surface area contributed by atoms with E-state index in [-0.39, 0.29) is 5.97 Å². The van der Waals surface area contributed by atoms with Crippen molar-refractivity contribution in [1.29, 1.82) is 0 Å². The van der Waals surface area contributed by atoms with Crippen LogP contribution in [0.15, 0.2) is 0 Å². The number of nitrogens with two attached hydrogens (primary N) is 1. The molecular weight excluding hydrogens is 190 g/mol. The van der Waals surface area contributed by atoms with Gasteiger partial charge in [-0.2, -0.15) is 11.8 Å². The zero-order valence-electron chi connectivity index (χ0n) is 7.95. The molecule has 0 atom stereocenters. The number of carbonyl (C=O) groups is 1. The number of thioether (sulfide) groups is 1. The molecule has 0 heterocycles. The maximum absolute atomic E-state index is 10.7. The van der Waals surface area contributed by atoms with Crippen LogP contribution in [0.3, 0.4) is 0 Å². The molecular formula is C8H17NO3S. The van der Waals surface area contributed by atoms with Crippen molar-refractivity contribution >= 4 is 17.7 Å². The molecule has 0 aliphatic carbocycles. The minimum atomic E-state index is -0.157. The van der Waals surface area contributed by atoms with E-state index in [1.54, 1.807) is 11.8 Å². The Kier molecular flexibility index (Phi) is 9.63. The SMILES string of the molecule is COC(=O)CCSCCOCCN. The van der Waals surface area contributed by atoms with Crippen LogP contribution >= 0.6 is 11.8 Å². The molecule has 0 unspecified atom stereocenters. The molecule has 0 fully saturated rings. The summed E-state index contributed by atoms with van der Waals surface area (Å²) in [5.41, 5.74) is 5.23. The van der Waals surface area contributed by atoms with Gasteiger partial charge in [-0.25, -0.2) is 0 Å². The zero-order chi connectivity index (χ0) is 9.94. The first-order valence-corrected chi connectivity index (χ1v) is 5.39. The average Bonchev–Trinajstić information content (AvgIpc) is 2.16. The number of hydrogen-bond acceptors (Lipinski definition) is 5. The lowest BCUT2D eigenvalue weighted by Crippen LogP contribution is -2.10. The lowest BCUT2D eigenvalue weighted by molar-refractivity contribution is -0.140. The summed E-state index contributed by atoms with van der Waals surface area (Å²) in [6.45, 7) is 1.87. The highest BCUT2D eigenvalue weighted by molar-refractivity contribution is 7.99. The highest BCUT2D eigenvalue weighted by atomic mass is 32.2. The standard InChI is InChI=1S/C8H17NO3S/c1-11-8(10)2-6-13-7-5-12-4-3-9/h2-7,9H2,1H3. The fraction of sp³-hybridized carbons (Fsp3) is 0.875. The third-order valence-corrected chi connectivity index (χ3v) is 2.26. The molecule has 0 bridgehead atoms. The van der Waals surface area contributed by atoms with Crippen LogP contribution in [0.25, 0.3) is 0 Å². The molecule has 13 heavy (non-hydrogen) atoms. The van der Waals surface area contributed by atoms with Crippen LogP contribution in [0.4, 0.5) is 0 Å². The molecule has 0 spiro atoms. The summed E-state index contributed by atoms with van der Waals surface area (Å²) in [5.74, 6) is 1.53. The molecule has 5 heteroatoms. The first-order valence-electron chi connectivity index (χ1n) is 4.23. The van der Waals surface area contributed by atoms with Gasteiger partial charge in [0.1, 0.15) is 0 Å². The minimum absolute atomic E-state index is 0.157. The number of esters is 1. The first-order chi connectivity index (χ1) is 6.31. The number of rotatable bonds is 8. The Morgan fingerprint density at radius 3 is 2.77 bits per heavy atom. The van der Waals surface area contributed by atoms with E-state index in [9.17, 15) is 4.79 Å². The molecule has 0 aliphatic heterocycles. The summed E-state index contributed by atoms with van der Waals surface area (Å²) >= 11 is 1.68. The predicted octanol–water partition coefficient (Wildman–Crippen LogP) is 0.258. The van der Waals surface area contributed by atoms with E-state index in [0.717, 1.165) is 11.5 Å². The summed E-state index contributed by atoms with van der Waals surface area (Å²) in [5, 5.41) is 0. The highest BCUT2D eigenvalue weighted by Gasteiger charge is 1.98. The number of ether oxygens (including phenoxy) is 2. The van der Waals surface area contributed by atoms with Crippen molar-refractivity contribution in [2.45, 2.75) is 6.42 Å². The molecule has 0 saturated carbocycles. The third-order valence-electron chi connectivity index (χ3n) is 1.31. The molecule has 0 saturated heterocycles. The second-order valence-electron chi connectivity index (χ2n) is 2.34. The van der Waals surface area contributed by atoms with Crippen molar-refractivity contribution in [3.63, 3.8) is 0 Å². The fourth-order valence-corrected chi connectivity index (χ4v) is 1.41. The minimum Gasteiger partial charge on any atom is -0.469 e. The van der Waals surface area contributed by atoms with Crippen LogP contribution in [-0.2, 0) is 14.3 Å². The van der Waals surface area contributed by atoms with Gasteiger partial charge in [-0.15, -0.1) is 0 Å². The van der Waals surface area contributed by atoms with E-state index in [4.69, 9.17) is 10.5 Å². The molecule has 0 radical (unpaired) electrons. The van der Waals surface area contributed by atoms with Gasteiger partial charge in [0, 0.05) is 18.1 Å². The number of carbonyl (C=O) groups excluding carboxylic acids is 1. The Balaban J connectivity index is 2.95. The lowest BCUT2D eigenvalue weighted by Gasteiger charge is -2.01. The molecule has 4 nitrogen and oxygen atoms in total. The van der Waals surface area contributed by atoms with Crippen LogP contribution < -0.4 is 5.73 Å². The largest absolute Gasteiger partial charge is 0.469 e. The van der Waals surface area contributed by atoms with Crippen molar-refractivity contribution < 1.29 is 14.3 Å². The summed E-state index contributed by atoms with van der Waals surface area (Å²) in [7, 11) is 1.40. The molecule has 0 aliphatic rings.